The maximum atomic E-state index is 12.1. The number of hydrogen-bond donors (Lipinski definition) is 1. The van der Waals surface area contributed by atoms with E-state index in [4.69, 9.17) is 0 Å². The molecule has 8 heteroatoms. The fourth-order valence-electron chi connectivity index (χ4n) is 3.08. The van der Waals surface area contributed by atoms with Crippen molar-refractivity contribution >= 4 is 11.8 Å². The molecule has 1 N–H and O–H groups in total. The van der Waals surface area contributed by atoms with Gasteiger partial charge in [0.2, 0.25) is 11.8 Å². The first-order valence-electron chi connectivity index (χ1n) is 9.10. The smallest absolute Gasteiger partial charge is 0.225 e. The zero-order valence-electron chi connectivity index (χ0n) is 15.4. The third-order valence-corrected chi connectivity index (χ3v) is 4.50. The molecule has 0 spiro atoms. The van der Waals surface area contributed by atoms with Gasteiger partial charge in [0, 0.05) is 37.8 Å². The number of carbonyl (C=O) groups is 2. The lowest BCUT2D eigenvalue weighted by Gasteiger charge is -2.29. The topological polar surface area (TPSA) is 85.0 Å². The molecule has 1 aliphatic heterocycles. The van der Waals surface area contributed by atoms with Crippen LogP contribution in [0.15, 0.2) is 24.8 Å². The molecule has 3 rings (SSSR count). The van der Waals surface area contributed by atoms with Crippen molar-refractivity contribution in [2.75, 3.05) is 6.54 Å². The Morgan fingerprint density at radius 3 is 2.88 bits per heavy atom. The largest absolute Gasteiger partial charge is 0.350 e. The number of aryl methyl sites for hydroxylation is 1. The molecule has 1 aliphatic rings. The van der Waals surface area contributed by atoms with Crippen molar-refractivity contribution in [3.8, 4) is 0 Å². The Kier molecular flexibility index (Phi) is 5.70. The molecule has 2 aromatic rings. The average molecular weight is 358 g/mol. The van der Waals surface area contributed by atoms with E-state index in [1.165, 1.54) is 0 Å². The van der Waals surface area contributed by atoms with Gasteiger partial charge in [-0.2, -0.15) is 5.10 Å². The number of carbonyl (C=O) groups excluding carboxylic acids is 2. The van der Waals surface area contributed by atoms with Crippen LogP contribution < -0.4 is 5.32 Å². The summed E-state index contributed by atoms with van der Waals surface area (Å²) >= 11 is 0. The van der Waals surface area contributed by atoms with E-state index in [0.717, 1.165) is 24.4 Å². The Balaban J connectivity index is 1.45. The highest BCUT2D eigenvalue weighted by atomic mass is 16.2. The second kappa shape index (κ2) is 8.16. The summed E-state index contributed by atoms with van der Waals surface area (Å²) in [4.78, 5) is 30.0. The van der Waals surface area contributed by atoms with Crippen molar-refractivity contribution in [1.29, 1.82) is 0 Å². The van der Waals surface area contributed by atoms with E-state index in [1.54, 1.807) is 12.5 Å². The van der Waals surface area contributed by atoms with Gasteiger partial charge in [-0.1, -0.05) is 13.8 Å². The lowest BCUT2D eigenvalue weighted by atomic mass is 10.1. The first-order chi connectivity index (χ1) is 12.5. The van der Waals surface area contributed by atoms with Gasteiger partial charge in [-0.3, -0.25) is 14.3 Å². The molecule has 0 aliphatic carbocycles. The zero-order chi connectivity index (χ0) is 18.5. The third-order valence-electron chi connectivity index (χ3n) is 4.50. The first kappa shape index (κ1) is 18.2. The highest BCUT2D eigenvalue weighted by molar-refractivity contribution is 5.78. The molecule has 26 heavy (non-hydrogen) atoms. The van der Waals surface area contributed by atoms with Crippen molar-refractivity contribution in [2.45, 2.75) is 52.9 Å². The summed E-state index contributed by atoms with van der Waals surface area (Å²) < 4.78 is 3.89. The molecule has 0 saturated heterocycles. The molecular formula is C18H26N6O2. The minimum absolute atomic E-state index is 0.00514. The average Bonchev–Trinajstić information content (AvgIpc) is 3.27. The van der Waals surface area contributed by atoms with Crippen LogP contribution in [0.25, 0.3) is 0 Å². The van der Waals surface area contributed by atoms with Gasteiger partial charge in [-0.05, 0) is 12.5 Å². The second-order valence-corrected chi connectivity index (χ2v) is 6.95. The van der Waals surface area contributed by atoms with Crippen LogP contribution in [0.5, 0.6) is 0 Å². The normalized spacial score (nSPS) is 13.7. The van der Waals surface area contributed by atoms with Crippen molar-refractivity contribution in [3.05, 3.63) is 36.2 Å². The van der Waals surface area contributed by atoms with E-state index in [-0.39, 0.29) is 17.7 Å². The second-order valence-electron chi connectivity index (χ2n) is 6.95. The predicted molar refractivity (Wildman–Crippen MR) is 95.8 cm³/mol. The van der Waals surface area contributed by atoms with Crippen molar-refractivity contribution in [3.63, 3.8) is 0 Å². The van der Waals surface area contributed by atoms with Crippen molar-refractivity contribution in [2.24, 2.45) is 5.92 Å². The van der Waals surface area contributed by atoms with E-state index in [1.807, 2.05) is 40.3 Å². The third kappa shape index (κ3) is 4.50. The van der Waals surface area contributed by atoms with Crippen LogP contribution in [0.2, 0.25) is 0 Å². The van der Waals surface area contributed by atoms with E-state index in [9.17, 15) is 9.59 Å². The van der Waals surface area contributed by atoms with Crippen LogP contribution in [-0.4, -0.2) is 42.6 Å². The molecule has 140 valence electrons. The lowest BCUT2D eigenvalue weighted by molar-refractivity contribution is -0.136. The number of amides is 2. The molecule has 0 atom stereocenters. The van der Waals surface area contributed by atoms with E-state index in [2.05, 4.69) is 15.4 Å². The number of hydrogen-bond acceptors (Lipinski definition) is 4. The lowest BCUT2D eigenvalue weighted by Crippen LogP contribution is -2.40. The van der Waals surface area contributed by atoms with Gasteiger partial charge in [0.05, 0.1) is 37.3 Å². The molecule has 0 fully saturated rings. The Labute approximate surface area is 153 Å². The SMILES string of the molecule is CC(C)C(=O)N1CCn2nc(CNC(=O)CCCn3ccnc3)cc2C1. The van der Waals surface area contributed by atoms with Crippen molar-refractivity contribution in [1.82, 2.24) is 29.5 Å². The maximum absolute atomic E-state index is 12.1. The Morgan fingerprint density at radius 2 is 2.15 bits per heavy atom. The molecule has 2 aromatic heterocycles. The maximum Gasteiger partial charge on any atom is 0.225 e. The molecule has 0 unspecified atom stereocenters. The number of nitrogens with zero attached hydrogens (tertiary/aromatic N) is 5. The molecule has 0 radical (unpaired) electrons. The quantitative estimate of drug-likeness (QED) is 0.805. The number of aromatic nitrogens is 4. The Hall–Kier alpha value is -2.64. The van der Waals surface area contributed by atoms with Gasteiger partial charge >= 0.3 is 0 Å². The van der Waals surface area contributed by atoms with Gasteiger partial charge in [-0.15, -0.1) is 0 Å². The summed E-state index contributed by atoms with van der Waals surface area (Å²) in [6, 6.07) is 1.98. The van der Waals surface area contributed by atoms with Crippen molar-refractivity contribution < 1.29 is 9.59 Å². The zero-order valence-corrected chi connectivity index (χ0v) is 15.4. The van der Waals surface area contributed by atoms with Gasteiger partial charge in [0.15, 0.2) is 0 Å². The number of nitrogens with one attached hydrogen (secondary N) is 1. The number of imidazole rings is 1. The van der Waals surface area contributed by atoms with Crippen LogP contribution in [0, 0.1) is 5.92 Å². The van der Waals surface area contributed by atoms with Crippen LogP contribution in [-0.2, 0) is 35.8 Å². The molecule has 8 nitrogen and oxygen atoms in total. The summed E-state index contributed by atoms with van der Waals surface area (Å²) in [5.41, 5.74) is 1.86. The number of rotatable bonds is 7. The number of fused-ring (bicyclic) bond motifs is 1. The fourth-order valence-corrected chi connectivity index (χ4v) is 3.08. The first-order valence-corrected chi connectivity index (χ1v) is 9.10. The van der Waals surface area contributed by atoms with Gasteiger partial charge in [0.25, 0.3) is 0 Å². The Morgan fingerprint density at radius 1 is 1.31 bits per heavy atom. The highest BCUT2D eigenvalue weighted by Gasteiger charge is 2.23. The standard InChI is InChI=1S/C18H26N6O2/c1-14(2)18(26)23-8-9-24-16(12-23)10-15(21-24)11-20-17(25)4-3-6-22-7-5-19-13-22/h5,7,10,13-14H,3-4,6,8-9,11-12H2,1-2H3,(H,20,25). The van der Waals surface area contributed by atoms with Gasteiger partial charge in [0.1, 0.15) is 0 Å². The van der Waals surface area contributed by atoms with E-state index in [0.29, 0.717) is 32.6 Å². The van der Waals surface area contributed by atoms with E-state index >= 15 is 0 Å². The predicted octanol–water partition coefficient (Wildman–Crippen LogP) is 1.17. The summed E-state index contributed by atoms with van der Waals surface area (Å²) in [5.74, 6) is 0.198. The highest BCUT2D eigenvalue weighted by Crippen LogP contribution is 2.16. The summed E-state index contributed by atoms with van der Waals surface area (Å²) in [6.07, 6.45) is 6.62. The molecule has 3 heterocycles. The molecule has 2 amide bonds. The molecular weight excluding hydrogens is 332 g/mol. The minimum Gasteiger partial charge on any atom is -0.350 e. The van der Waals surface area contributed by atoms with Gasteiger partial charge < -0.3 is 14.8 Å². The molecule has 0 aromatic carbocycles. The fraction of sp³-hybridized carbons (Fsp3) is 0.556. The minimum atomic E-state index is 0.00514. The molecule has 0 saturated carbocycles. The Bertz CT molecular complexity index is 750. The van der Waals surface area contributed by atoms with Crippen LogP contribution >= 0.6 is 0 Å². The van der Waals surface area contributed by atoms with Crippen LogP contribution in [0.4, 0.5) is 0 Å². The monoisotopic (exact) mass is 358 g/mol. The molecule has 0 bridgehead atoms. The summed E-state index contributed by atoms with van der Waals surface area (Å²) in [5, 5.41) is 7.45. The van der Waals surface area contributed by atoms with Gasteiger partial charge in [-0.25, -0.2) is 4.98 Å². The van der Waals surface area contributed by atoms with E-state index < -0.39 is 0 Å². The van der Waals surface area contributed by atoms with Crippen LogP contribution in [0.1, 0.15) is 38.1 Å². The van der Waals surface area contributed by atoms with Crippen LogP contribution in [0.3, 0.4) is 0 Å². The summed E-state index contributed by atoms with van der Waals surface area (Å²) in [6.45, 7) is 7.01. The summed E-state index contributed by atoms with van der Waals surface area (Å²) in [7, 11) is 0.